The van der Waals surface area contributed by atoms with Gasteiger partial charge in [0.1, 0.15) is 0 Å². The monoisotopic (exact) mass is 267 g/mol. The van der Waals surface area contributed by atoms with Crippen LogP contribution in [-0.2, 0) is 4.79 Å². The van der Waals surface area contributed by atoms with Gasteiger partial charge in [-0.1, -0.05) is 0 Å². The quantitative estimate of drug-likeness (QED) is 0.880. The molecule has 5 heteroatoms. The Balaban J connectivity index is 2.11. The van der Waals surface area contributed by atoms with E-state index in [0.717, 1.165) is 29.7 Å². The van der Waals surface area contributed by atoms with Crippen molar-refractivity contribution >= 4 is 23.2 Å². The molecule has 1 aliphatic carbocycles. The Kier molecular flexibility index (Phi) is 3.43. The van der Waals surface area contributed by atoms with Gasteiger partial charge in [0.25, 0.3) is 5.91 Å². The number of nitrogens with one attached hydrogen (secondary N) is 1. The highest BCUT2D eigenvalue weighted by molar-refractivity contribution is 7.10. The van der Waals surface area contributed by atoms with Crippen molar-refractivity contribution in [1.82, 2.24) is 5.32 Å². The van der Waals surface area contributed by atoms with Crippen LogP contribution >= 0.6 is 11.3 Å². The molecule has 0 bridgehead atoms. The third-order valence-electron chi connectivity index (χ3n) is 3.71. The van der Waals surface area contributed by atoms with E-state index >= 15 is 0 Å². The standard InChI is InChI=1S/C13H17NO3S/c1-8-9(2)18-7-10(8)12(17)14-13(4-3-5-13)6-11(15)16/h7H,3-6H2,1-2H3,(H,14,17)(H,15,16). The number of carbonyl (C=O) groups excluding carboxylic acids is 1. The highest BCUT2D eigenvalue weighted by atomic mass is 32.1. The van der Waals surface area contributed by atoms with Gasteiger partial charge >= 0.3 is 5.97 Å². The van der Waals surface area contributed by atoms with Gasteiger partial charge in [-0.05, 0) is 38.7 Å². The minimum atomic E-state index is -0.853. The zero-order valence-electron chi connectivity index (χ0n) is 10.6. The van der Waals surface area contributed by atoms with Crippen LogP contribution in [0.5, 0.6) is 0 Å². The summed E-state index contributed by atoms with van der Waals surface area (Å²) in [6.45, 7) is 3.90. The van der Waals surface area contributed by atoms with Crippen molar-refractivity contribution in [1.29, 1.82) is 0 Å². The molecule has 1 amide bonds. The number of rotatable bonds is 4. The Bertz CT molecular complexity index is 488. The number of carboxylic acids is 1. The van der Waals surface area contributed by atoms with Crippen LogP contribution in [0.25, 0.3) is 0 Å². The number of amides is 1. The lowest BCUT2D eigenvalue weighted by atomic mass is 9.74. The summed E-state index contributed by atoms with van der Waals surface area (Å²) < 4.78 is 0. The lowest BCUT2D eigenvalue weighted by molar-refractivity contribution is -0.139. The molecule has 1 saturated carbocycles. The van der Waals surface area contributed by atoms with Crippen LogP contribution in [0, 0.1) is 13.8 Å². The van der Waals surface area contributed by atoms with E-state index < -0.39 is 11.5 Å². The zero-order valence-corrected chi connectivity index (χ0v) is 11.4. The predicted octanol–water partition coefficient (Wildman–Crippen LogP) is 2.49. The minimum Gasteiger partial charge on any atom is -0.481 e. The summed E-state index contributed by atoms with van der Waals surface area (Å²) in [6.07, 6.45) is 2.51. The molecule has 0 saturated heterocycles. The first-order valence-corrected chi connectivity index (χ1v) is 6.90. The van der Waals surface area contributed by atoms with Gasteiger partial charge < -0.3 is 10.4 Å². The molecule has 1 aromatic heterocycles. The highest BCUT2D eigenvalue weighted by Gasteiger charge is 2.40. The Morgan fingerprint density at radius 3 is 2.50 bits per heavy atom. The summed E-state index contributed by atoms with van der Waals surface area (Å²) in [6, 6.07) is 0. The number of aryl methyl sites for hydroxylation is 1. The third kappa shape index (κ3) is 2.41. The van der Waals surface area contributed by atoms with Crippen LogP contribution in [0.3, 0.4) is 0 Å². The predicted molar refractivity (Wildman–Crippen MR) is 70.1 cm³/mol. The van der Waals surface area contributed by atoms with Crippen LogP contribution in [0.4, 0.5) is 0 Å². The molecular weight excluding hydrogens is 250 g/mol. The summed E-state index contributed by atoms with van der Waals surface area (Å²) in [5.74, 6) is -0.994. The van der Waals surface area contributed by atoms with Crippen LogP contribution in [0.15, 0.2) is 5.38 Å². The Labute approximate surface area is 110 Å². The van der Waals surface area contributed by atoms with E-state index in [1.165, 1.54) is 0 Å². The van der Waals surface area contributed by atoms with Crippen LogP contribution < -0.4 is 5.32 Å². The second-order valence-corrected chi connectivity index (χ2v) is 6.07. The molecule has 0 atom stereocenters. The highest BCUT2D eigenvalue weighted by Crippen LogP contribution is 2.35. The zero-order chi connectivity index (χ0) is 13.3. The lowest BCUT2D eigenvalue weighted by Crippen LogP contribution is -2.54. The number of aliphatic carboxylic acids is 1. The fourth-order valence-corrected chi connectivity index (χ4v) is 3.15. The fraction of sp³-hybridized carbons (Fsp3) is 0.538. The summed E-state index contributed by atoms with van der Waals surface area (Å²) in [4.78, 5) is 24.1. The molecule has 0 unspecified atom stereocenters. The average Bonchev–Trinajstić information content (AvgIpc) is 2.56. The molecular formula is C13H17NO3S. The second-order valence-electron chi connectivity index (χ2n) is 4.99. The molecule has 98 valence electrons. The molecule has 0 radical (unpaired) electrons. The summed E-state index contributed by atoms with van der Waals surface area (Å²) in [5, 5.41) is 13.7. The Morgan fingerprint density at radius 1 is 1.44 bits per heavy atom. The van der Waals surface area contributed by atoms with E-state index in [-0.39, 0.29) is 12.3 Å². The van der Waals surface area contributed by atoms with Gasteiger partial charge in [-0.25, -0.2) is 0 Å². The molecule has 1 aliphatic rings. The van der Waals surface area contributed by atoms with Gasteiger partial charge in [0.2, 0.25) is 0 Å². The van der Waals surface area contributed by atoms with Crippen LogP contribution in [0.1, 0.15) is 46.5 Å². The number of carboxylic acid groups (broad SMARTS) is 1. The molecule has 0 aromatic carbocycles. The van der Waals surface area contributed by atoms with Gasteiger partial charge in [0.05, 0.1) is 17.5 Å². The van der Waals surface area contributed by atoms with E-state index in [9.17, 15) is 9.59 Å². The largest absolute Gasteiger partial charge is 0.481 e. The van der Waals surface area contributed by atoms with E-state index in [1.54, 1.807) is 11.3 Å². The Morgan fingerprint density at radius 2 is 2.11 bits per heavy atom. The van der Waals surface area contributed by atoms with Crippen molar-refractivity contribution in [3.8, 4) is 0 Å². The third-order valence-corrected chi connectivity index (χ3v) is 4.72. The number of hydrogen-bond acceptors (Lipinski definition) is 3. The van der Waals surface area contributed by atoms with Crippen LogP contribution in [0.2, 0.25) is 0 Å². The van der Waals surface area contributed by atoms with Crippen molar-refractivity contribution < 1.29 is 14.7 Å². The first-order chi connectivity index (χ1) is 8.43. The van der Waals surface area contributed by atoms with Crippen molar-refractivity contribution in [2.45, 2.75) is 45.1 Å². The summed E-state index contributed by atoms with van der Waals surface area (Å²) in [5.41, 5.74) is 1.14. The fourth-order valence-electron chi connectivity index (χ4n) is 2.28. The smallest absolute Gasteiger partial charge is 0.305 e. The van der Waals surface area contributed by atoms with Gasteiger partial charge in [-0.15, -0.1) is 11.3 Å². The molecule has 4 nitrogen and oxygen atoms in total. The molecule has 1 heterocycles. The Hall–Kier alpha value is -1.36. The van der Waals surface area contributed by atoms with Crippen molar-refractivity contribution in [2.24, 2.45) is 0 Å². The van der Waals surface area contributed by atoms with Gasteiger partial charge in [0, 0.05) is 10.3 Å². The molecule has 2 rings (SSSR count). The number of thiophene rings is 1. The SMILES string of the molecule is Cc1scc(C(=O)NC2(CC(=O)O)CCC2)c1C. The number of carbonyl (C=O) groups is 2. The van der Waals surface area contributed by atoms with Gasteiger partial charge in [-0.3, -0.25) is 9.59 Å². The maximum Gasteiger partial charge on any atom is 0.305 e. The molecule has 2 N–H and O–H groups in total. The lowest BCUT2D eigenvalue weighted by Gasteiger charge is -2.41. The van der Waals surface area contributed by atoms with Crippen molar-refractivity contribution in [2.75, 3.05) is 0 Å². The summed E-state index contributed by atoms with van der Waals surface area (Å²) >= 11 is 1.55. The summed E-state index contributed by atoms with van der Waals surface area (Å²) in [7, 11) is 0. The molecule has 18 heavy (non-hydrogen) atoms. The van der Waals surface area contributed by atoms with Crippen LogP contribution in [-0.4, -0.2) is 22.5 Å². The first-order valence-electron chi connectivity index (χ1n) is 6.02. The van der Waals surface area contributed by atoms with Gasteiger partial charge in [0.15, 0.2) is 0 Å². The van der Waals surface area contributed by atoms with E-state index in [2.05, 4.69) is 5.32 Å². The average molecular weight is 267 g/mol. The minimum absolute atomic E-state index is 0.0148. The first kappa shape index (κ1) is 13.1. The second kappa shape index (κ2) is 4.72. The number of hydrogen-bond donors (Lipinski definition) is 2. The molecule has 0 aliphatic heterocycles. The maximum atomic E-state index is 12.2. The van der Waals surface area contributed by atoms with Gasteiger partial charge in [-0.2, -0.15) is 0 Å². The van der Waals surface area contributed by atoms with E-state index in [4.69, 9.17) is 5.11 Å². The molecule has 1 aromatic rings. The van der Waals surface area contributed by atoms with E-state index in [0.29, 0.717) is 5.56 Å². The topological polar surface area (TPSA) is 66.4 Å². The van der Waals surface area contributed by atoms with E-state index in [1.807, 2.05) is 19.2 Å². The normalized spacial score (nSPS) is 17.0. The van der Waals surface area contributed by atoms with Crippen molar-refractivity contribution in [3.63, 3.8) is 0 Å². The molecule has 1 fully saturated rings. The molecule has 0 spiro atoms. The van der Waals surface area contributed by atoms with Crippen molar-refractivity contribution in [3.05, 3.63) is 21.4 Å². The maximum absolute atomic E-state index is 12.2.